The molecular weight excluding hydrogens is 375 g/mol. The number of nitrogens with zero attached hydrogens (tertiary/aromatic N) is 4. The van der Waals surface area contributed by atoms with Gasteiger partial charge in [-0.05, 0) is 48.7 Å². The molecule has 142 valence electrons. The first-order chi connectivity index (χ1) is 13.7. The lowest BCUT2D eigenvalue weighted by Crippen LogP contribution is -2.16. The number of ether oxygens (including phenoxy) is 1. The normalized spacial score (nSPS) is 16.2. The maximum atomic E-state index is 13.3. The Kier molecular flexibility index (Phi) is 5.70. The van der Waals surface area contributed by atoms with Crippen LogP contribution in [0.3, 0.4) is 0 Å². The molecule has 1 saturated heterocycles. The average molecular weight is 394 g/mol. The van der Waals surface area contributed by atoms with E-state index in [4.69, 9.17) is 4.74 Å². The van der Waals surface area contributed by atoms with Crippen molar-refractivity contribution in [2.75, 3.05) is 6.61 Å². The third-order valence-corrected chi connectivity index (χ3v) is 5.74. The quantitative estimate of drug-likeness (QED) is 0.579. The van der Waals surface area contributed by atoms with Gasteiger partial charge < -0.3 is 4.74 Å². The first-order valence-electron chi connectivity index (χ1n) is 9.16. The van der Waals surface area contributed by atoms with Crippen LogP contribution in [0.2, 0.25) is 0 Å². The van der Waals surface area contributed by atoms with Gasteiger partial charge in [0.25, 0.3) is 0 Å². The Bertz CT molecular complexity index is 990. The molecule has 5 nitrogen and oxygen atoms in total. The Labute approximate surface area is 167 Å². The number of hydrogen-bond donors (Lipinski definition) is 0. The summed E-state index contributed by atoms with van der Waals surface area (Å²) in [6.07, 6.45) is 2.18. The van der Waals surface area contributed by atoms with Gasteiger partial charge in [0.15, 0.2) is 11.0 Å². The van der Waals surface area contributed by atoms with Crippen LogP contribution in [-0.2, 0) is 17.0 Å². The summed E-state index contributed by atoms with van der Waals surface area (Å²) in [6.45, 7) is 1.43. The molecule has 0 bridgehead atoms. The summed E-state index contributed by atoms with van der Waals surface area (Å²) in [5, 5.41) is 18.8. The van der Waals surface area contributed by atoms with E-state index in [2.05, 4.69) is 16.3 Å². The zero-order valence-corrected chi connectivity index (χ0v) is 16.0. The van der Waals surface area contributed by atoms with Crippen molar-refractivity contribution in [1.82, 2.24) is 14.8 Å². The van der Waals surface area contributed by atoms with E-state index < -0.39 is 0 Å². The number of halogens is 1. The molecule has 0 unspecified atom stereocenters. The standard InChI is InChI=1S/C21H19FN4OS/c22-18-9-7-15(8-10-18)20-24-25-21(26(20)13-19-6-3-11-27-19)28-14-17-5-2-1-4-16(17)12-23/h1-2,4-5,7-10,19H,3,6,11,13-14H2/t19-/m0/s1. The number of hydrogen-bond acceptors (Lipinski definition) is 5. The van der Waals surface area contributed by atoms with Crippen LogP contribution < -0.4 is 0 Å². The van der Waals surface area contributed by atoms with Gasteiger partial charge in [0.2, 0.25) is 0 Å². The minimum absolute atomic E-state index is 0.126. The van der Waals surface area contributed by atoms with E-state index in [1.807, 2.05) is 28.8 Å². The molecule has 0 amide bonds. The molecule has 0 saturated carbocycles. The van der Waals surface area contributed by atoms with E-state index in [1.54, 1.807) is 23.9 Å². The summed E-state index contributed by atoms with van der Waals surface area (Å²) in [4.78, 5) is 0. The molecule has 7 heteroatoms. The summed E-state index contributed by atoms with van der Waals surface area (Å²) in [6, 6.07) is 16.1. The Balaban J connectivity index is 1.62. The minimum atomic E-state index is -0.281. The zero-order chi connectivity index (χ0) is 19.3. The van der Waals surface area contributed by atoms with E-state index in [0.29, 0.717) is 23.7 Å². The molecule has 0 N–H and O–H groups in total. The first-order valence-corrected chi connectivity index (χ1v) is 10.1. The monoisotopic (exact) mass is 394 g/mol. The van der Waals surface area contributed by atoms with Crippen LogP contribution in [0.15, 0.2) is 53.7 Å². The number of rotatable bonds is 6. The smallest absolute Gasteiger partial charge is 0.191 e. The van der Waals surface area contributed by atoms with E-state index in [9.17, 15) is 9.65 Å². The topological polar surface area (TPSA) is 63.7 Å². The molecule has 3 aromatic rings. The van der Waals surface area contributed by atoms with Gasteiger partial charge in [-0.1, -0.05) is 30.0 Å². The molecule has 1 fully saturated rings. The number of nitriles is 1. The maximum Gasteiger partial charge on any atom is 0.191 e. The molecule has 0 spiro atoms. The average Bonchev–Trinajstić information content (AvgIpc) is 3.38. The number of thioether (sulfide) groups is 1. The second-order valence-corrected chi connectivity index (χ2v) is 7.56. The molecule has 1 aliphatic rings. The van der Waals surface area contributed by atoms with Crippen LogP contribution >= 0.6 is 11.8 Å². The molecule has 2 aromatic carbocycles. The van der Waals surface area contributed by atoms with E-state index in [0.717, 1.165) is 35.7 Å². The molecule has 1 atom stereocenters. The highest BCUT2D eigenvalue weighted by Gasteiger charge is 2.22. The summed E-state index contributed by atoms with van der Waals surface area (Å²) < 4.78 is 21.2. The minimum Gasteiger partial charge on any atom is -0.376 e. The van der Waals surface area contributed by atoms with Crippen molar-refractivity contribution in [3.63, 3.8) is 0 Å². The molecule has 2 heterocycles. The Morgan fingerprint density at radius 1 is 1.18 bits per heavy atom. The number of aromatic nitrogens is 3. The van der Waals surface area contributed by atoms with Crippen LogP contribution in [0.25, 0.3) is 11.4 Å². The SMILES string of the molecule is N#Cc1ccccc1CSc1nnc(-c2ccc(F)cc2)n1C[C@@H]1CCCO1. The summed E-state index contributed by atoms with van der Waals surface area (Å²) >= 11 is 1.54. The van der Waals surface area contributed by atoms with Gasteiger partial charge in [-0.2, -0.15) is 5.26 Å². The lowest BCUT2D eigenvalue weighted by molar-refractivity contribution is 0.0953. The Hall–Kier alpha value is -2.69. The molecule has 1 aromatic heterocycles. The van der Waals surface area contributed by atoms with Crippen LogP contribution in [0, 0.1) is 17.1 Å². The van der Waals surface area contributed by atoms with Crippen molar-refractivity contribution in [1.29, 1.82) is 5.26 Å². The largest absolute Gasteiger partial charge is 0.376 e. The van der Waals surface area contributed by atoms with Gasteiger partial charge in [0.05, 0.1) is 24.3 Å². The lowest BCUT2D eigenvalue weighted by Gasteiger charge is -2.15. The summed E-state index contributed by atoms with van der Waals surface area (Å²) in [7, 11) is 0. The van der Waals surface area contributed by atoms with Crippen LogP contribution in [0.4, 0.5) is 4.39 Å². The fraction of sp³-hybridized carbons (Fsp3) is 0.286. The molecule has 28 heavy (non-hydrogen) atoms. The summed E-state index contributed by atoms with van der Waals surface area (Å²) in [5.74, 6) is 1.04. The molecule has 4 rings (SSSR count). The van der Waals surface area contributed by atoms with Crippen LogP contribution in [0.1, 0.15) is 24.0 Å². The van der Waals surface area contributed by atoms with Crippen molar-refractivity contribution in [3.05, 3.63) is 65.5 Å². The van der Waals surface area contributed by atoms with Gasteiger partial charge in [0.1, 0.15) is 5.82 Å². The maximum absolute atomic E-state index is 13.3. The predicted molar refractivity (Wildman–Crippen MR) is 105 cm³/mol. The second kappa shape index (κ2) is 8.55. The molecular formula is C21H19FN4OS. The molecule has 0 aliphatic carbocycles. The van der Waals surface area contributed by atoms with Crippen molar-refractivity contribution < 1.29 is 9.13 Å². The summed E-state index contributed by atoms with van der Waals surface area (Å²) in [5.41, 5.74) is 2.44. The van der Waals surface area contributed by atoms with E-state index in [1.165, 1.54) is 12.1 Å². The van der Waals surface area contributed by atoms with Crippen molar-refractivity contribution >= 4 is 11.8 Å². The highest BCUT2D eigenvalue weighted by molar-refractivity contribution is 7.98. The Morgan fingerprint density at radius 2 is 2.00 bits per heavy atom. The van der Waals surface area contributed by atoms with Gasteiger partial charge >= 0.3 is 0 Å². The molecule has 0 radical (unpaired) electrons. The fourth-order valence-electron chi connectivity index (χ4n) is 3.26. The van der Waals surface area contributed by atoms with Gasteiger partial charge in [-0.25, -0.2) is 4.39 Å². The van der Waals surface area contributed by atoms with Crippen molar-refractivity contribution in [2.24, 2.45) is 0 Å². The third kappa shape index (κ3) is 4.08. The zero-order valence-electron chi connectivity index (χ0n) is 15.2. The van der Waals surface area contributed by atoms with Crippen molar-refractivity contribution in [3.8, 4) is 17.5 Å². The highest BCUT2D eigenvalue weighted by atomic mass is 32.2. The van der Waals surface area contributed by atoms with Gasteiger partial charge in [0, 0.05) is 17.9 Å². The van der Waals surface area contributed by atoms with Crippen LogP contribution in [-0.4, -0.2) is 27.5 Å². The first kappa shape index (κ1) is 18.7. The highest BCUT2D eigenvalue weighted by Crippen LogP contribution is 2.29. The van der Waals surface area contributed by atoms with Gasteiger partial charge in [-0.3, -0.25) is 4.57 Å². The number of benzene rings is 2. The van der Waals surface area contributed by atoms with Crippen molar-refractivity contribution in [2.45, 2.75) is 36.4 Å². The van der Waals surface area contributed by atoms with Gasteiger partial charge in [-0.15, -0.1) is 10.2 Å². The lowest BCUT2D eigenvalue weighted by atomic mass is 10.1. The third-order valence-electron chi connectivity index (χ3n) is 4.72. The molecule has 1 aliphatic heterocycles. The second-order valence-electron chi connectivity index (χ2n) is 6.62. The predicted octanol–water partition coefficient (Wildman–Crippen LogP) is 4.43. The van der Waals surface area contributed by atoms with E-state index >= 15 is 0 Å². The van der Waals surface area contributed by atoms with Crippen LogP contribution in [0.5, 0.6) is 0 Å². The van der Waals surface area contributed by atoms with E-state index in [-0.39, 0.29) is 11.9 Å². The Morgan fingerprint density at radius 3 is 2.75 bits per heavy atom. The fourth-order valence-corrected chi connectivity index (χ4v) is 4.21.